The maximum absolute atomic E-state index is 14.4. The van der Waals surface area contributed by atoms with Crippen molar-refractivity contribution in [3.8, 4) is 5.75 Å². The first-order valence-corrected chi connectivity index (χ1v) is 13.1. The van der Waals surface area contributed by atoms with Crippen molar-refractivity contribution in [2.24, 2.45) is 5.92 Å². The van der Waals surface area contributed by atoms with Crippen molar-refractivity contribution >= 4 is 11.5 Å². The average Bonchev–Trinajstić information content (AvgIpc) is 3.33. The summed E-state index contributed by atoms with van der Waals surface area (Å²) in [5, 5.41) is 1.92. The summed E-state index contributed by atoms with van der Waals surface area (Å²) in [6.07, 6.45) is -0.475. The highest BCUT2D eigenvalue weighted by Crippen LogP contribution is 2.52. The molecule has 0 spiro atoms. The molecule has 0 N–H and O–H groups in total. The smallest absolute Gasteiger partial charge is 0.171 e. The maximum Gasteiger partial charge on any atom is 0.171 e. The van der Waals surface area contributed by atoms with Crippen molar-refractivity contribution in [2.75, 3.05) is 12.2 Å². The minimum atomic E-state index is -0.510. The van der Waals surface area contributed by atoms with Gasteiger partial charge in [-0.1, -0.05) is 105 Å². The van der Waals surface area contributed by atoms with Crippen LogP contribution in [0.25, 0.3) is 0 Å². The number of hydrogen-bond donors (Lipinski definition) is 0. The van der Waals surface area contributed by atoms with Gasteiger partial charge in [-0.3, -0.25) is 9.63 Å². The summed E-state index contributed by atoms with van der Waals surface area (Å²) in [5.74, 6) is 0.273. The van der Waals surface area contributed by atoms with Gasteiger partial charge in [0.15, 0.2) is 5.78 Å². The van der Waals surface area contributed by atoms with Crippen LogP contribution in [0.2, 0.25) is 0 Å². The SMILES string of the molecule is COc1ccc(C(C)(C)C)cc1C1C(C(=O)c2ccccc2)C(c2ccc(C)cc2)ON1c1ccccc1. The van der Waals surface area contributed by atoms with Crippen LogP contribution in [0.15, 0.2) is 103 Å². The number of aryl methyl sites for hydroxylation is 1. The van der Waals surface area contributed by atoms with Gasteiger partial charge in [0, 0.05) is 11.1 Å². The molecule has 0 radical (unpaired) electrons. The second kappa shape index (κ2) is 10.5. The van der Waals surface area contributed by atoms with Crippen molar-refractivity contribution in [2.45, 2.75) is 45.3 Å². The van der Waals surface area contributed by atoms with E-state index in [0.717, 1.165) is 28.1 Å². The second-order valence-corrected chi connectivity index (χ2v) is 11.0. The van der Waals surface area contributed by atoms with Gasteiger partial charge in [-0.15, -0.1) is 0 Å². The first-order chi connectivity index (χ1) is 18.3. The molecule has 5 rings (SSSR count). The quantitative estimate of drug-likeness (QED) is 0.249. The molecule has 4 aromatic carbocycles. The van der Waals surface area contributed by atoms with Crippen LogP contribution in [-0.2, 0) is 10.3 Å². The molecule has 1 aliphatic heterocycles. The minimum absolute atomic E-state index is 0.0443. The molecule has 0 saturated carbocycles. The van der Waals surface area contributed by atoms with Gasteiger partial charge in [-0.2, -0.15) is 0 Å². The number of ether oxygens (including phenoxy) is 1. The highest BCUT2D eigenvalue weighted by Gasteiger charge is 2.50. The van der Waals surface area contributed by atoms with E-state index < -0.39 is 18.1 Å². The van der Waals surface area contributed by atoms with Gasteiger partial charge < -0.3 is 4.74 Å². The van der Waals surface area contributed by atoms with E-state index in [-0.39, 0.29) is 11.2 Å². The monoisotopic (exact) mass is 505 g/mol. The number of methoxy groups -OCH3 is 1. The van der Waals surface area contributed by atoms with Gasteiger partial charge in [-0.05, 0) is 47.7 Å². The molecule has 4 heteroatoms. The molecule has 0 aliphatic carbocycles. The summed E-state index contributed by atoms with van der Waals surface area (Å²) in [5.41, 5.74) is 5.73. The van der Waals surface area contributed by atoms with Crippen LogP contribution < -0.4 is 9.80 Å². The molecule has 3 unspecified atom stereocenters. The number of Topliss-reactive ketones (excluding diaryl/α,β-unsaturated/α-hetero) is 1. The lowest BCUT2D eigenvalue weighted by Gasteiger charge is -2.30. The number of carbonyl (C=O) groups excluding carboxylic acids is 1. The van der Waals surface area contributed by atoms with E-state index in [2.05, 4.69) is 64.1 Å². The third-order valence-electron chi connectivity index (χ3n) is 7.34. The van der Waals surface area contributed by atoms with Gasteiger partial charge in [0.2, 0.25) is 0 Å². The molecule has 1 saturated heterocycles. The van der Waals surface area contributed by atoms with E-state index in [1.165, 1.54) is 5.56 Å². The normalized spacial score (nSPS) is 19.4. The van der Waals surface area contributed by atoms with Crippen molar-refractivity contribution in [3.05, 3.63) is 131 Å². The molecule has 1 heterocycles. The number of hydrogen-bond acceptors (Lipinski definition) is 4. The van der Waals surface area contributed by atoms with Gasteiger partial charge in [0.25, 0.3) is 0 Å². The number of carbonyl (C=O) groups is 1. The second-order valence-electron chi connectivity index (χ2n) is 11.0. The average molecular weight is 506 g/mol. The number of nitrogens with zero attached hydrogens (tertiary/aromatic N) is 1. The molecule has 3 atom stereocenters. The zero-order chi connectivity index (χ0) is 26.9. The summed E-state index contributed by atoms with van der Waals surface area (Å²) in [7, 11) is 1.68. The van der Waals surface area contributed by atoms with Crippen molar-refractivity contribution in [1.29, 1.82) is 0 Å². The number of rotatable bonds is 6. The van der Waals surface area contributed by atoms with E-state index >= 15 is 0 Å². The van der Waals surface area contributed by atoms with E-state index in [0.29, 0.717) is 5.56 Å². The fourth-order valence-corrected chi connectivity index (χ4v) is 5.21. The molecule has 0 bridgehead atoms. The summed E-state index contributed by atoms with van der Waals surface area (Å²) in [4.78, 5) is 21.2. The molecule has 1 aliphatic rings. The number of para-hydroxylation sites is 1. The Morgan fingerprint density at radius 3 is 2.08 bits per heavy atom. The van der Waals surface area contributed by atoms with Gasteiger partial charge >= 0.3 is 0 Å². The number of ketones is 1. The first-order valence-electron chi connectivity index (χ1n) is 13.1. The Hall–Kier alpha value is -3.89. The predicted molar refractivity (Wildman–Crippen MR) is 153 cm³/mol. The maximum atomic E-state index is 14.4. The minimum Gasteiger partial charge on any atom is -0.496 e. The Bertz CT molecular complexity index is 1390. The van der Waals surface area contributed by atoms with E-state index in [1.54, 1.807) is 7.11 Å². The summed E-state index contributed by atoms with van der Waals surface area (Å²) >= 11 is 0. The topological polar surface area (TPSA) is 38.8 Å². The Morgan fingerprint density at radius 1 is 0.842 bits per heavy atom. The van der Waals surface area contributed by atoms with Crippen LogP contribution in [0.3, 0.4) is 0 Å². The summed E-state index contributed by atoms with van der Waals surface area (Å²) in [6, 6.07) is 33.7. The summed E-state index contributed by atoms with van der Waals surface area (Å²) in [6.45, 7) is 8.65. The van der Waals surface area contributed by atoms with Crippen LogP contribution in [0.4, 0.5) is 5.69 Å². The van der Waals surface area contributed by atoms with Gasteiger partial charge in [-0.25, -0.2) is 5.06 Å². The molecular formula is C34H35NO3. The zero-order valence-corrected chi connectivity index (χ0v) is 22.7. The molecule has 4 aromatic rings. The molecule has 1 fully saturated rings. The van der Waals surface area contributed by atoms with Crippen LogP contribution in [0.5, 0.6) is 5.75 Å². The van der Waals surface area contributed by atoms with Crippen LogP contribution in [0.1, 0.15) is 65.5 Å². The van der Waals surface area contributed by atoms with Crippen LogP contribution in [0, 0.1) is 12.8 Å². The fraction of sp³-hybridized carbons (Fsp3) is 0.265. The lowest BCUT2D eigenvalue weighted by molar-refractivity contribution is 0.0600. The number of benzene rings is 4. The lowest BCUT2D eigenvalue weighted by Crippen LogP contribution is -2.29. The van der Waals surface area contributed by atoms with E-state index in [1.807, 2.05) is 71.8 Å². The largest absolute Gasteiger partial charge is 0.496 e. The molecule has 194 valence electrons. The highest BCUT2D eigenvalue weighted by molar-refractivity contribution is 5.99. The Labute approximate surface area is 225 Å². The molecule has 0 amide bonds. The van der Waals surface area contributed by atoms with Gasteiger partial charge in [0.1, 0.15) is 11.9 Å². The van der Waals surface area contributed by atoms with E-state index in [9.17, 15) is 4.79 Å². The first kappa shape index (κ1) is 25.7. The van der Waals surface area contributed by atoms with Crippen molar-refractivity contribution < 1.29 is 14.4 Å². The Morgan fingerprint density at radius 2 is 1.47 bits per heavy atom. The van der Waals surface area contributed by atoms with Crippen molar-refractivity contribution in [1.82, 2.24) is 0 Å². The van der Waals surface area contributed by atoms with Crippen LogP contribution >= 0.6 is 0 Å². The molecule has 4 nitrogen and oxygen atoms in total. The zero-order valence-electron chi connectivity index (χ0n) is 22.7. The van der Waals surface area contributed by atoms with Crippen molar-refractivity contribution in [3.63, 3.8) is 0 Å². The Kier molecular flexibility index (Phi) is 7.09. The summed E-state index contributed by atoms with van der Waals surface area (Å²) < 4.78 is 5.91. The van der Waals surface area contributed by atoms with Crippen LogP contribution in [-0.4, -0.2) is 12.9 Å². The number of hydroxylamine groups is 1. The molecule has 38 heavy (non-hydrogen) atoms. The Balaban J connectivity index is 1.75. The van der Waals surface area contributed by atoms with Gasteiger partial charge in [0.05, 0.1) is 24.8 Å². The third-order valence-corrected chi connectivity index (χ3v) is 7.34. The standard InChI is InChI=1S/C34H35NO3/c1-23-16-18-25(19-17-23)33-30(32(36)24-12-8-6-9-13-24)31(35(38-33)27-14-10-7-11-15-27)28-22-26(34(2,3)4)20-21-29(28)37-5/h6-22,30-31,33H,1-5H3. The molecule has 0 aromatic heterocycles. The third kappa shape index (κ3) is 4.97. The highest BCUT2D eigenvalue weighted by atomic mass is 16.7. The van der Waals surface area contributed by atoms with E-state index in [4.69, 9.17) is 9.57 Å². The predicted octanol–water partition coefficient (Wildman–Crippen LogP) is 8.03. The molecular weight excluding hydrogens is 470 g/mol. The number of anilines is 1. The fourth-order valence-electron chi connectivity index (χ4n) is 5.21. The lowest BCUT2D eigenvalue weighted by atomic mass is 9.78.